The van der Waals surface area contributed by atoms with Crippen LogP contribution in [0.15, 0.2) is 12.1 Å². The lowest BCUT2D eigenvalue weighted by Crippen LogP contribution is -2.46. The SMILES string of the molecule is CCOC(=O)C(=O)N1CC(P(=O)(OCC)OCC)Cc2cc(C(F)(F)F)cc([N+](=O)[O-])c21. The number of fused-ring (bicyclic) bond motifs is 1. The van der Waals surface area contributed by atoms with E-state index in [1.165, 1.54) is 20.8 Å². The van der Waals surface area contributed by atoms with Crippen LogP contribution in [0.2, 0.25) is 0 Å². The van der Waals surface area contributed by atoms with Crippen molar-refractivity contribution in [3.63, 3.8) is 0 Å². The molecule has 0 N–H and O–H groups in total. The summed E-state index contributed by atoms with van der Waals surface area (Å²) >= 11 is 0. The third-order valence-corrected chi connectivity index (χ3v) is 7.05. The van der Waals surface area contributed by atoms with E-state index in [2.05, 4.69) is 4.74 Å². The lowest BCUT2D eigenvalue weighted by Gasteiger charge is -2.36. The maximum absolute atomic E-state index is 13.4. The number of hydrogen-bond acceptors (Lipinski definition) is 8. The average Bonchev–Trinajstić information content (AvgIpc) is 2.71. The standard InChI is InChI=1S/C18H22F3N2O8P/c1-4-29-17(25)16(24)22-10-13(32(28,30-5-2)31-6-3)8-11-7-12(18(19,20)21)9-14(15(11)22)23(26)27/h7,9,13H,4-6,8,10H2,1-3H3. The molecule has 1 atom stereocenters. The van der Waals surface area contributed by atoms with E-state index in [0.717, 1.165) is 0 Å². The Labute approximate surface area is 181 Å². The predicted octanol–water partition coefficient (Wildman–Crippen LogP) is 3.70. The molecular weight excluding hydrogens is 460 g/mol. The van der Waals surface area contributed by atoms with Crippen molar-refractivity contribution in [3.8, 4) is 0 Å². The van der Waals surface area contributed by atoms with E-state index in [0.29, 0.717) is 11.0 Å². The van der Waals surface area contributed by atoms with Crippen molar-refractivity contribution in [3.05, 3.63) is 33.4 Å². The van der Waals surface area contributed by atoms with Gasteiger partial charge in [0.05, 0.1) is 36.0 Å². The molecule has 1 amide bonds. The molecule has 0 spiro atoms. The molecule has 14 heteroatoms. The maximum Gasteiger partial charge on any atom is 0.416 e. The van der Waals surface area contributed by atoms with E-state index in [9.17, 15) is 37.4 Å². The average molecular weight is 482 g/mol. The number of esters is 1. The minimum absolute atomic E-state index is 0.0603. The summed E-state index contributed by atoms with van der Waals surface area (Å²) in [6, 6.07) is 0.914. The molecule has 1 aromatic carbocycles. The second-order valence-corrected chi connectivity index (χ2v) is 8.95. The first-order valence-corrected chi connectivity index (χ1v) is 11.3. The first-order valence-electron chi connectivity index (χ1n) is 9.65. The Bertz CT molecular complexity index is 943. The Morgan fingerprint density at radius 3 is 2.25 bits per heavy atom. The Balaban J connectivity index is 2.74. The predicted molar refractivity (Wildman–Crippen MR) is 105 cm³/mol. The van der Waals surface area contributed by atoms with Crippen molar-refractivity contribution in [1.29, 1.82) is 0 Å². The first-order chi connectivity index (χ1) is 14.9. The number of ether oxygens (including phenoxy) is 1. The summed E-state index contributed by atoms with van der Waals surface area (Å²) in [5.74, 6) is -2.71. The van der Waals surface area contributed by atoms with Crippen molar-refractivity contribution >= 4 is 30.8 Å². The molecule has 0 saturated heterocycles. The molecule has 1 unspecified atom stereocenters. The number of benzene rings is 1. The molecule has 1 aliphatic rings. The summed E-state index contributed by atoms with van der Waals surface area (Å²) in [5.41, 5.74) is -4.29. The first kappa shape index (κ1) is 25.8. The van der Waals surface area contributed by atoms with Crippen molar-refractivity contribution in [1.82, 2.24) is 0 Å². The highest BCUT2D eigenvalue weighted by Gasteiger charge is 2.47. The fourth-order valence-corrected chi connectivity index (χ4v) is 5.38. The fourth-order valence-electron chi connectivity index (χ4n) is 3.38. The zero-order chi connectivity index (χ0) is 24.3. The Hall–Kier alpha value is -2.50. The van der Waals surface area contributed by atoms with Crippen molar-refractivity contribution in [2.24, 2.45) is 0 Å². The van der Waals surface area contributed by atoms with Crippen molar-refractivity contribution < 1.29 is 46.0 Å². The van der Waals surface area contributed by atoms with Gasteiger partial charge in [-0.15, -0.1) is 0 Å². The van der Waals surface area contributed by atoms with E-state index < -0.39 is 59.7 Å². The van der Waals surface area contributed by atoms with Crippen LogP contribution < -0.4 is 4.90 Å². The summed E-state index contributed by atoms with van der Waals surface area (Å²) < 4.78 is 68.6. The largest absolute Gasteiger partial charge is 0.459 e. The van der Waals surface area contributed by atoms with E-state index in [4.69, 9.17) is 9.05 Å². The van der Waals surface area contributed by atoms with Crippen LogP contribution in [0.3, 0.4) is 0 Å². The number of rotatable bonds is 7. The van der Waals surface area contributed by atoms with Crippen LogP contribution in [0, 0.1) is 10.1 Å². The van der Waals surface area contributed by atoms with Gasteiger partial charge in [-0.1, -0.05) is 0 Å². The van der Waals surface area contributed by atoms with Gasteiger partial charge < -0.3 is 13.8 Å². The van der Waals surface area contributed by atoms with Gasteiger partial charge in [0.25, 0.3) is 5.69 Å². The number of hydrogen-bond donors (Lipinski definition) is 0. The van der Waals surface area contributed by atoms with Gasteiger partial charge in [0.15, 0.2) is 0 Å². The summed E-state index contributed by atoms with van der Waals surface area (Å²) in [6.45, 7) is 3.65. The van der Waals surface area contributed by atoms with Crippen LogP contribution in [-0.4, -0.2) is 48.8 Å². The van der Waals surface area contributed by atoms with E-state index in [1.807, 2.05) is 0 Å². The summed E-state index contributed by atoms with van der Waals surface area (Å²) in [6.07, 6.45) is -5.30. The molecule has 1 aliphatic heterocycles. The Kier molecular flexibility index (Phi) is 8.02. The smallest absolute Gasteiger partial charge is 0.416 e. The summed E-state index contributed by atoms with van der Waals surface area (Å²) in [5, 5.41) is 11.6. The maximum atomic E-state index is 13.4. The van der Waals surface area contributed by atoms with Gasteiger partial charge in [-0.2, -0.15) is 13.2 Å². The molecule has 0 aliphatic carbocycles. The lowest BCUT2D eigenvalue weighted by atomic mass is 9.96. The number of amides is 1. The molecule has 0 radical (unpaired) electrons. The number of nitrogens with zero attached hydrogens (tertiary/aromatic N) is 2. The number of anilines is 1. The minimum Gasteiger partial charge on any atom is -0.459 e. The van der Waals surface area contributed by atoms with Gasteiger partial charge in [0.2, 0.25) is 0 Å². The summed E-state index contributed by atoms with van der Waals surface area (Å²) in [4.78, 5) is 35.9. The number of carbonyl (C=O) groups excluding carboxylic acids is 2. The molecule has 0 fully saturated rings. The fraction of sp³-hybridized carbons (Fsp3) is 0.556. The number of nitro benzene ring substituents is 1. The molecule has 1 aromatic rings. The number of nitro groups is 1. The van der Waals surface area contributed by atoms with Crippen LogP contribution >= 0.6 is 7.60 Å². The normalized spacial score (nSPS) is 16.4. The lowest BCUT2D eigenvalue weighted by molar-refractivity contribution is -0.384. The highest BCUT2D eigenvalue weighted by molar-refractivity contribution is 7.54. The third kappa shape index (κ3) is 5.28. The zero-order valence-corrected chi connectivity index (χ0v) is 18.4. The molecule has 2 rings (SSSR count). The number of halogens is 3. The zero-order valence-electron chi connectivity index (χ0n) is 17.5. The molecule has 1 heterocycles. The van der Waals surface area contributed by atoms with E-state index in [-0.39, 0.29) is 37.9 Å². The topological polar surface area (TPSA) is 125 Å². The van der Waals surface area contributed by atoms with Crippen LogP contribution in [0.4, 0.5) is 24.5 Å². The Morgan fingerprint density at radius 2 is 1.78 bits per heavy atom. The third-order valence-electron chi connectivity index (χ3n) is 4.57. The second kappa shape index (κ2) is 9.97. The van der Waals surface area contributed by atoms with Crippen LogP contribution in [0.1, 0.15) is 31.9 Å². The van der Waals surface area contributed by atoms with Crippen LogP contribution in [0.5, 0.6) is 0 Å². The van der Waals surface area contributed by atoms with Crippen molar-refractivity contribution in [2.75, 3.05) is 31.3 Å². The highest BCUT2D eigenvalue weighted by atomic mass is 31.2. The van der Waals surface area contributed by atoms with Gasteiger partial charge in [0, 0.05) is 12.6 Å². The molecule has 0 saturated carbocycles. The minimum atomic E-state index is -4.92. The monoisotopic (exact) mass is 482 g/mol. The van der Waals surface area contributed by atoms with Gasteiger partial charge >= 0.3 is 25.6 Å². The van der Waals surface area contributed by atoms with Crippen LogP contribution in [0.25, 0.3) is 0 Å². The van der Waals surface area contributed by atoms with Crippen molar-refractivity contribution in [2.45, 2.75) is 39.0 Å². The molecule has 0 bridgehead atoms. The Morgan fingerprint density at radius 1 is 1.19 bits per heavy atom. The summed E-state index contributed by atoms with van der Waals surface area (Å²) in [7, 11) is -3.96. The molecular formula is C18H22F3N2O8P. The van der Waals surface area contributed by atoms with Gasteiger partial charge in [0.1, 0.15) is 5.69 Å². The van der Waals surface area contributed by atoms with Crippen LogP contribution in [-0.2, 0) is 40.5 Å². The number of alkyl halides is 3. The molecule has 178 valence electrons. The van der Waals surface area contributed by atoms with Gasteiger partial charge in [-0.3, -0.25) is 24.4 Å². The highest BCUT2D eigenvalue weighted by Crippen LogP contribution is 2.57. The molecule has 10 nitrogen and oxygen atoms in total. The van der Waals surface area contributed by atoms with Gasteiger partial charge in [-0.05, 0) is 38.8 Å². The van der Waals surface area contributed by atoms with E-state index in [1.54, 1.807) is 0 Å². The van der Waals surface area contributed by atoms with E-state index >= 15 is 0 Å². The molecule has 0 aromatic heterocycles. The quantitative estimate of drug-likeness (QED) is 0.189. The number of carbonyl (C=O) groups is 2. The second-order valence-electron chi connectivity index (χ2n) is 6.63. The molecule has 32 heavy (non-hydrogen) atoms. The van der Waals surface area contributed by atoms with Gasteiger partial charge in [-0.25, -0.2) is 4.79 Å².